The maximum absolute atomic E-state index is 6.09. The standard InChI is InChI=1S/C19H26N6.C9H12S/c1-3-6-15(7-4-2)17-10-18(22-12-14-8-5-9-21-11-14)25-19(24-17)16(20)13-23-25;1-10(2,3)9-7-5-4-6-8-9/h5,8-11,13,15,22H,3-4,6-7,12,20H2,1-2H3;4-8H,1-2H2,3H3. The molecule has 0 radical (unpaired) electrons. The summed E-state index contributed by atoms with van der Waals surface area (Å²) in [6.07, 6.45) is 11.9. The number of benzene rings is 1. The van der Waals surface area contributed by atoms with Gasteiger partial charge in [-0.3, -0.25) is 4.98 Å². The number of hydrogen-bond acceptors (Lipinski definition) is 5. The summed E-state index contributed by atoms with van der Waals surface area (Å²) in [5.74, 6) is 9.39. The first kappa shape index (κ1) is 26.3. The Labute approximate surface area is 210 Å². The van der Waals surface area contributed by atoms with Crippen LogP contribution in [0.4, 0.5) is 11.5 Å². The first-order chi connectivity index (χ1) is 16.8. The molecule has 0 saturated carbocycles. The number of aromatic nitrogens is 4. The van der Waals surface area contributed by atoms with E-state index in [1.807, 2.05) is 36.5 Å². The van der Waals surface area contributed by atoms with Gasteiger partial charge in [-0.05, 0) is 47.8 Å². The van der Waals surface area contributed by atoms with Crippen molar-refractivity contribution in [2.75, 3.05) is 17.3 Å². The molecule has 35 heavy (non-hydrogen) atoms. The lowest BCUT2D eigenvalue weighted by Crippen LogP contribution is -2.10. The molecular weight excluding hydrogens is 452 g/mol. The molecular formula is C28H38N6S. The van der Waals surface area contributed by atoms with Gasteiger partial charge in [-0.1, -0.05) is 62.7 Å². The molecule has 7 heteroatoms. The van der Waals surface area contributed by atoms with Crippen LogP contribution in [0.1, 0.15) is 56.7 Å². The maximum atomic E-state index is 6.09. The van der Waals surface area contributed by atoms with E-state index in [1.54, 1.807) is 16.9 Å². The van der Waals surface area contributed by atoms with E-state index in [1.165, 1.54) is 4.90 Å². The number of nitrogen functional groups attached to an aromatic ring is 1. The maximum Gasteiger partial charge on any atom is 0.180 e. The summed E-state index contributed by atoms with van der Waals surface area (Å²) in [6, 6.07) is 16.3. The van der Waals surface area contributed by atoms with Gasteiger partial charge in [-0.25, -0.2) is 4.98 Å². The van der Waals surface area contributed by atoms with E-state index in [0.717, 1.165) is 48.4 Å². The highest BCUT2D eigenvalue weighted by atomic mass is 32.2. The number of hydrogen-bond donors (Lipinski definition) is 2. The minimum atomic E-state index is -1.00. The van der Waals surface area contributed by atoms with E-state index in [2.05, 4.69) is 65.4 Å². The number of anilines is 2. The van der Waals surface area contributed by atoms with Gasteiger partial charge < -0.3 is 11.1 Å². The topological polar surface area (TPSA) is 81.1 Å². The molecule has 6 nitrogen and oxygen atoms in total. The average Bonchev–Trinajstić information content (AvgIpc) is 3.24. The van der Waals surface area contributed by atoms with Crippen LogP contribution in [0.15, 0.2) is 72.0 Å². The van der Waals surface area contributed by atoms with Gasteiger partial charge in [0.2, 0.25) is 0 Å². The van der Waals surface area contributed by atoms with E-state index in [-0.39, 0.29) is 0 Å². The van der Waals surface area contributed by atoms with Gasteiger partial charge in [0.1, 0.15) is 5.82 Å². The number of nitrogens with one attached hydrogen (secondary N) is 1. The number of nitrogens with zero attached hydrogens (tertiary/aromatic N) is 4. The third kappa shape index (κ3) is 7.33. The molecule has 3 heterocycles. The molecule has 0 saturated heterocycles. The van der Waals surface area contributed by atoms with Crippen molar-refractivity contribution >= 4 is 38.1 Å². The van der Waals surface area contributed by atoms with Crippen molar-refractivity contribution in [1.29, 1.82) is 0 Å². The Kier molecular flexibility index (Phi) is 9.32. The van der Waals surface area contributed by atoms with Crippen LogP contribution in [0.25, 0.3) is 5.65 Å². The van der Waals surface area contributed by atoms with Crippen LogP contribution in [0.3, 0.4) is 0 Å². The van der Waals surface area contributed by atoms with E-state index >= 15 is 0 Å². The normalized spacial score (nSPS) is 11.3. The van der Waals surface area contributed by atoms with Crippen LogP contribution in [-0.4, -0.2) is 37.6 Å². The van der Waals surface area contributed by atoms with E-state index in [4.69, 9.17) is 10.7 Å². The molecule has 0 aliphatic heterocycles. The average molecular weight is 491 g/mol. The highest BCUT2D eigenvalue weighted by Gasteiger charge is 2.16. The third-order valence-corrected chi connectivity index (χ3v) is 7.13. The van der Waals surface area contributed by atoms with Crippen LogP contribution >= 0.6 is 9.21 Å². The van der Waals surface area contributed by atoms with Crippen molar-refractivity contribution in [2.45, 2.75) is 56.9 Å². The molecule has 0 amide bonds. The third-order valence-electron chi connectivity index (χ3n) is 5.72. The predicted molar refractivity (Wildman–Crippen MR) is 154 cm³/mol. The van der Waals surface area contributed by atoms with Crippen molar-refractivity contribution in [1.82, 2.24) is 19.6 Å². The second-order valence-corrected chi connectivity index (χ2v) is 12.0. The summed E-state index contributed by atoms with van der Waals surface area (Å²) in [5, 5.41) is 7.84. The Morgan fingerprint density at radius 2 is 1.74 bits per heavy atom. The van der Waals surface area contributed by atoms with Crippen LogP contribution in [0.5, 0.6) is 0 Å². The smallest absolute Gasteiger partial charge is 0.180 e. The molecule has 4 rings (SSSR count). The fourth-order valence-corrected chi connectivity index (χ4v) is 4.73. The second-order valence-electron chi connectivity index (χ2n) is 8.98. The van der Waals surface area contributed by atoms with Crippen molar-refractivity contribution in [3.8, 4) is 0 Å². The lowest BCUT2D eigenvalue weighted by atomic mass is 9.94. The fraction of sp³-hybridized carbons (Fsp3) is 0.321. The van der Waals surface area contributed by atoms with Crippen LogP contribution in [-0.2, 0) is 6.54 Å². The quantitative estimate of drug-likeness (QED) is 0.267. The first-order valence-electron chi connectivity index (χ1n) is 12.1. The molecule has 0 spiro atoms. The molecule has 0 unspecified atom stereocenters. The highest BCUT2D eigenvalue weighted by Crippen LogP contribution is 2.29. The minimum absolute atomic E-state index is 0.452. The van der Waals surface area contributed by atoms with Gasteiger partial charge in [-0.15, -0.1) is 0 Å². The SMILES string of the molecule is C=S(=C)(C)c1ccccc1.CCCC(CCC)c1cc(NCc2cccnc2)n2ncc(N)c2n1. The summed E-state index contributed by atoms with van der Waals surface area (Å²) >= 11 is 0. The lowest BCUT2D eigenvalue weighted by molar-refractivity contribution is 0.548. The molecule has 0 aliphatic carbocycles. The summed E-state index contributed by atoms with van der Waals surface area (Å²) < 4.78 is 1.78. The Bertz CT molecular complexity index is 1290. The molecule has 3 N–H and O–H groups in total. The molecule has 3 aromatic heterocycles. The van der Waals surface area contributed by atoms with E-state index in [0.29, 0.717) is 18.2 Å². The molecule has 0 atom stereocenters. The summed E-state index contributed by atoms with van der Waals surface area (Å²) in [4.78, 5) is 10.2. The number of pyridine rings is 1. The van der Waals surface area contributed by atoms with E-state index in [9.17, 15) is 0 Å². The van der Waals surface area contributed by atoms with Crippen molar-refractivity contribution in [3.05, 3.63) is 78.4 Å². The summed E-state index contributed by atoms with van der Waals surface area (Å²) in [5.41, 5.74) is 9.63. The van der Waals surface area contributed by atoms with Crippen LogP contribution in [0, 0.1) is 0 Å². The zero-order chi connectivity index (χ0) is 25.3. The van der Waals surface area contributed by atoms with Gasteiger partial charge in [0.05, 0.1) is 11.9 Å². The van der Waals surface area contributed by atoms with Gasteiger partial charge in [-0.2, -0.15) is 18.8 Å². The summed E-state index contributed by atoms with van der Waals surface area (Å²) in [6.45, 7) is 5.12. The Hall–Kier alpha value is -3.32. The van der Waals surface area contributed by atoms with Gasteiger partial charge >= 0.3 is 0 Å². The second kappa shape index (κ2) is 12.4. The number of fused-ring (bicyclic) bond motifs is 1. The summed E-state index contributed by atoms with van der Waals surface area (Å²) in [7, 11) is -1.00. The largest absolute Gasteiger partial charge is 0.394 e. The minimum Gasteiger partial charge on any atom is -0.394 e. The first-order valence-corrected chi connectivity index (χ1v) is 14.5. The molecule has 0 bridgehead atoms. The Morgan fingerprint density at radius 1 is 1.03 bits per heavy atom. The van der Waals surface area contributed by atoms with Gasteiger partial charge in [0.15, 0.2) is 5.65 Å². The molecule has 4 aromatic rings. The van der Waals surface area contributed by atoms with Gasteiger partial charge in [0.25, 0.3) is 0 Å². The van der Waals surface area contributed by atoms with Gasteiger partial charge in [0, 0.05) is 36.6 Å². The number of rotatable bonds is 9. The Balaban J connectivity index is 0.000000287. The van der Waals surface area contributed by atoms with Crippen LogP contribution < -0.4 is 11.1 Å². The zero-order valence-corrected chi connectivity index (χ0v) is 22.0. The lowest BCUT2D eigenvalue weighted by Gasteiger charge is -2.17. The zero-order valence-electron chi connectivity index (χ0n) is 21.2. The van der Waals surface area contributed by atoms with Crippen LogP contribution in [0.2, 0.25) is 0 Å². The molecule has 186 valence electrons. The van der Waals surface area contributed by atoms with Crippen molar-refractivity contribution in [2.24, 2.45) is 0 Å². The molecule has 0 aliphatic rings. The fourth-order valence-electron chi connectivity index (χ4n) is 3.92. The molecule has 1 aromatic carbocycles. The predicted octanol–water partition coefficient (Wildman–Crippen LogP) is 6.35. The highest BCUT2D eigenvalue weighted by molar-refractivity contribution is 8.27. The molecule has 0 fully saturated rings. The number of nitrogens with two attached hydrogens (primary N) is 1. The van der Waals surface area contributed by atoms with E-state index < -0.39 is 9.21 Å². The Morgan fingerprint density at radius 3 is 2.31 bits per heavy atom. The van der Waals surface area contributed by atoms with Crippen molar-refractivity contribution < 1.29 is 0 Å². The monoisotopic (exact) mass is 490 g/mol. The van der Waals surface area contributed by atoms with Crippen molar-refractivity contribution in [3.63, 3.8) is 0 Å².